The van der Waals surface area contributed by atoms with Crippen molar-refractivity contribution in [2.75, 3.05) is 5.32 Å². The molecule has 9 nitrogen and oxygen atoms in total. The molecule has 2 aromatic rings. The van der Waals surface area contributed by atoms with E-state index >= 15 is 0 Å². The summed E-state index contributed by atoms with van der Waals surface area (Å²) < 4.78 is 5.75. The van der Waals surface area contributed by atoms with Crippen molar-refractivity contribution in [3.8, 4) is 5.75 Å². The Morgan fingerprint density at radius 2 is 2.00 bits per heavy atom. The third-order valence-corrected chi connectivity index (χ3v) is 5.50. The molecule has 0 spiro atoms. The number of carbonyl (C=O) groups is 2. The number of nitro groups is 1. The molecule has 1 aliphatic heterocycles. The predicted octanol–water partition coefficient (Wildman–Crippen LogP) is 2.26. The number of carbonyl (C=O) groups excluding carboxylic acids is 2. The molecule has 0 saturated heterocycles. The fraction of sp³-hybridized carbons (Fsp3) is 0.300. The van der Waals surface area contributed by atoms with Gasteiger partial charge in [0.1, 0.15) is 11.3 Å². The lowest BCUT2D eigenvalue weighted by atomic mass is 9.83. The number of benzene rings is 2. The third-order valence-electron chi connectivity index (χ3n) is 5.50. The van der Waals surface area contributed by atoms with Crippen LogP contribution in [0.1, 0.15) is 53.7 Å². The first-order valence-electron chi connectivity index (χ1n) is 9.01. The molecule has 0 radical (unpaired) electrons. The molecule has 150 valence electrons. The van der Waals surface area contributed by atoms with E-state index in [1.165, 1.54) is 13.0 Å². The molecule has 9 heteroatoms. The SMILES string of the molecule is CC(=O)Nc1ccc([N+](=O)[O-])c2c1C(=O)C1(N)c3ccc(C(C)C)cc3OC21O. The second-order valence-electron chi connectivity index (χ2n) is 7.61. The largest absolute Gasteiger partial charge is 0.455 e. The van der Waals surface area contributed by atoms with Crippen molar-refractivity contribution >= 4 is 23.1 Å². The Hall–Kier alpha value is -3.30. The Kier molecular flexibility index (Phi) is 3.84. The summed E-state index contributed by atoms with van der Waals surface area (Å²) in [5.74, 6) is -3.38. The second-order valence-corrected chi connectivity index (χ2v) is 7.61. The number of ether oxygens (including phenoxy) is 1. The highest BCUT2D eigenvalue weighted by molar-refractivity contribution is 6.16. The molecule has 0 aromatic heterocycles. The van der Waals surface area contributed by atoms with Gasteiger partial charge in [-0.25, -0.2) is 0 Å². The van der Waals surface area contributed by atoms with Crippen LogP contribution in [0.25, 0.3) is 0 Å². The minimum atomic E-state index is -2.48. The van der Waals surface area contributed by atoms with E-state index in [0.29, 0.717) is 0 Å². The average molecular weight is 397 g/mol. The van der Waals surface area contributed by atoms with E-state index in [-0.39, 0.29) is 34.0 Å². The topological polar surface area (TPSA) is 145 Å². The summed E-state index contributed by atoms with van der Waals surface area (Å²) >= 11 is 0. The van der Waals surface area contributed by atoms with E-state index in [4.69, 9.17) is 10.5 Å². The molecule has 2 aromatic carbocycles. The van der Waals surface area contributed by atoms with E-state index in [0.717, 1.165) is 11.6 Å². The Labute approximate surface area is 165 Å². The number of anilines is 1. The van der Waals surface area contributed by atoms with Gasteiger partial charge in [-0.15, -0.1) is 0 Å². The molecule has 0 saturated carbocycles. The van der Waals surface area contributed by atoms with Crippen molar-refractivity contribution in [3.63, 3.8) is 0 Å². The zero-order valence-corrected chi connectivity index (χ0v) is 16.0. The van der Waals surface area contributed by atoms with Gasteiger partial charge in [0.05, 0.1) is 16.2 Å². The number of hydrogen-bond donors (Lipinski definition) is 3. The molecule has 0 bridgehead atoms. The maximum Gasteiger partial charge on any atom is 0.280 e. The van der Waals surface area contributed by atoms with Gasteiger partial charge < -0.3 is 20.9 Å². The number of Topliss-reactive ketones (excluding diaryl/α,β-unsaturated/α-hetero) is 1. The molecule has 4 N–H and O–H groups in total. The Balaban J connectivity index is 2.01. The molecule has 29 heavy (non-hydrogen) atoms. The molecule has 2 aliphatic rings. The van der Waals surface area contributed by atoms with Crippen molar-refractivity contribution in [1.82, 2.24) is 0 Å². The molecule has 2 unspecified atom stereocenters. The highest BCUT2D eigenvalue weighted by atomic mass is 16.6. The molecule has 0 fully saturated rings. The quantitative estimate of drug-likeness (QED) is 0.532. The van der Waals surface area contributed by atoms with Crippen LogP contribution >= 0.6 is 0 Å². The van der Waals surface area contributed by atoms with Crippen molar-refractivity contribution in [1.29, 1.82) is 0 Å². The van der Waals surface area contributed by atoms with Crippen LogP contribution in [-0.4, -0.2) is 21.7 Å². The van der Waals surface area contributed by atoms with Crippen LogP contribution in [0, 0.1) is 10.1 Å². The van der Waals surface area contributed by atoms with Gasteiger partial charge in [0.15, 0.2) is 11.3 Å². The second kappa shape index (κ2) is 5.85. The lowest BCUT2D eigenvalue weighted by Gasteiger charge is -2.29. The van der Waals surface area contributed by atoms with Crippen molar-refractivity contribution < 1.29 is 24.4 Å². The number of ketones is 1. The molecular weight excluding hydrogens is 378 g/mol. The third kappa shape index (κ3) is 2.28. The molecule has 4 rings (SSSR count). The van der Waals surface area contributed by atoms with E-state index in [1.807, 2.05) is 13.8 Å². The fourth-order valence-corrected chi connectivity index (χ4v) is 4.07. The van der Waals surface area contributed by atoms with E-state index in [2.05, 4.69) is 5.32 Å². The van der Waals surface area contributed by atoms with Gasteiger partial charge in [-0.2, -0.15) is 0 Å². The van der Waals surface area contributed by atoms with Gasteiger partial charge in [-0.1, -0.05) is 26.0 Å². The number of aliphatic hydroxyl groups is 1. The van der Waals surface area contributed by atoms with Gasteiger partial charge in [0, 0.05) is 18.6 Å². The van der Waals surface area contributed by atoms with Crippen LogP contribution in [0.5, 0.6) is 5.75 Å². The summed E-state index contributed by atoms with van der Waals surface area (Å²) in [4.78, 5) is 35.9. The number of nitro benzene ring substituents is 1. The number of hydrogen-bond acceptors (Lipinski definition) is 7. The normalized spacial score (nSPS) is 24.0. The van der Waals surface area contributed by atoms with Crippen molar-refractivity contribution in [2.45, 2.75) is 38.0 Å². The Morgan fingerprint density at radius 1 is 1.31 bits per heavy atom. The van der Waals surface area contributed by atoms with E-state index in [1.54, 1.807) is 18.2 Å². The minimum Gasteiger partial charge on any atom is -0.455 e. The van der Waals surface area contributed by atoms with Crippen LogP contribution in [0.15, 0.2) is 30.3 Å². The number of rotatable bonds is 3. The number of amides is 1. The van der Waals surface area contributed by atoms with Crippen LogP contribution < -0.4 is 15.8 Å². The van der Waals surface area contributed by atoms with Gasteiger partial charge in [-0.3, -0.25) is 19.7 Å². The number of nitrogens with one attached hydrogen (secondary N) is 1. The lowest BCUT2D eigenvalue weighted by Crippen LogP contribution is -2.55. The summed E-state index contributed by atoms with van der Waals surface area (Å²) in [6.45, 7) is 5.17. The zero-order chi connectivity index (χ0) is 21.3. The monoisotopic (exact) mass is 397 g/mol. The molecule has 1 amide bonds. The van der Waals surface area contributed by atoms with Crippen LogP contribution in [0.2, 0.25) is 0 Å². The number of fused-ring (bicyclic) bond motifs is 5. The lowest BCUT2D eigenvalue weighted by molar-refractivity contribution is -0.388. The van der Waals surface area contributed by atoms with Crippen molar-refractivity contribution in [3.05, 3.63) is 62.7 Å². The number of nitrogens with two attached hydrogens (primary N) is 1. The predicted molar refractivity (Wildman–Crippen MR) is 103 cm³/mol. The maximum atomic E-state index is 13.4. The zero-order valence-electron chi connectivity index (χ0n) is 16.0. The van der Waals surface area contributed by atoms with Gasteiger partial charge >= 0.3 is 0 Å². The summed E-state index contributed by atoms with van der Waals surface area (Å²) in [5.41, 5.74) is 4.41. The maximum absolute atomic E-state index is 13.4. The van der Waals surface area contributed by atoms with Gasteiger partial charge in [0.25, 0.3) is 11.5 Å². The molecule has 1 aliphatic carbocycles. The first-order chi connectivity index (χ1) is 13.5. The highest BCUT2D eigenvalue weighted by Gasteiger charge is 2.71. The van der Waals surface area contributed by atoms with Crippen LogP contribution in [0.3, 0.4) is 0 Å². The fourth-order valence-electron chi connectivity index (χ4n) is 4.07. The van der Waals surface area contributed by atoms with E-state index < -0.39 is 33.6 Å². The van der Waals surface area contributed by atoms with E-state index in [9.17, 15) is 24.8 Å². The van der Waals surface area contributed by atoms with Crippen LogP contribution in [0.4, 0.5) is 11.4 Å². The molecular formula is C20H19N3O6. The summed E-state index contributed by atoms with van der Waals surface area (Å²) in [7, 11) is 0. The Morgan fingerprint density at radius 3 is 2.59 bits per heavy atom. The summed E-state index contributed by atoms with van der Waals surface area (Å²) in [6, 6.07) is 7.38. The van der Waals surface area contributed by atoms with Crippen LogP contribution in [-0.2, 0) is 16.1 Å². The number of nitrogens with zero attached hydrogens (tertiary/aromatic N) is 1. The van der Waals surface area contributed by atoms with Gasteiger partial charge in [0.2, 0.25) is 5.91 Å². The summed E-state index contributed by atoms with van der Waals surface area (Å²) in [5, 5.41) is 25.6. The first kappa shape index (κ1) is 19.0. The Bertz CT molecular complexity index is 1110. The standard InChI is InChI=1S/C20H19N3O6/c1-9(2)11-4-5-12-15(8-11)29-20(26)17-14(23(27)28)7-6-13(22-10(3)24)16(17)18(25)19(12,20)21/h4-9,26H,21H2,1-3H3,(H,22,24). The minimum absolute atomic E-state index is 0.0275. The van der Waals surface area contributed by atoms with Crippen molar-refractivity contribution in [2.24, 2.45) is 5.73 Å². The first-order valence-corrected chi connectivity index (χ1v) is 9.01. The smallest absolute Gasteiger partial charge is 0.280 e. The average Bonchev–Trinajstić information content (AvgIpc) is 2.97. The molecule has 1 heterocycles. The van der Waals surface area contributed by atoms with Gasteiger partial charge in [-0.05, 0) is 23.6 Å². The molecule has 2 atom stereocenters. The summed E-state index contributed by atoms with van der Waals surface area (Å²) in [6.07, 6.45) is 0. The highest BCUT2D eigenvalue weighted by Crippen LogP contribution is 2.60.